The zero-order chi connectivity index (χ0) is 13.8. The van der Waals surface area contributed by atoms with Crippen LogP contribution >= 0.6 is 0 Å². The van der Waals surface area contributed by atoms with Gasteiger partial charge in [-0.25, -0.2) is 22.9 Å². The predicted molar refractivity (Wildman–Crippen MR) is 59.7 cm³/mol. The van der Waals surface area contributed by atoms with Gasteiger partial charge in [-0.1, -0.05) is 6.07 Å². The number of aromatic nitrogens is 1. The van der Waals surface area contributed by atoms with Gasteiger partial charge in [0, 0.05) is 0 Å². The molecule has 0 fully saturated rings. The molecule has 1 aromatic carbocycles. The molecular formula is C13H8F3NO2. The average Bonchev–Trinajstić information content (AvgIpc) is 2.38. The van der Waals surface area contributed by atoms with Crippen LogP contribution in [0.4, 0.5) is 13.2 Å². The lowest BCUT2D eigenvalue weighted by Crippen LogP contribution is -2.09. The van der Waals surface area contributed by atoms with Crippen LogP contribution in [-0.4, -0.2) is 11.0 Å². The van der Waals surface area contributed by atoms with Crippen LogP contribution in [0.25, 0.3) is 0 Å². The number of halogens is 3. The topological polar surface area (TPSA) is 39.2 Å². The van der Waals surface area contributed by atoms with Gasteiger partial charge in [0.05, 0.1) is 11.8 Å². The zero-order valence-corrected chi connectivity index (χ0v) is 9.57. The molecule has 0 aliphatic rings. The van der Waals surface area contributed by atoms with E-state index in [1.54, 1.807) is 0 Å². The molecule has 0 N–H and O–H groups in total. The molecule has 3 nitrogen and oxygen atoms in total. The third-order valence-corrected chi connectivity index (χ3v) is 2.35. The van der Waals surface area contributed by atoms with E-state index < -0.39 is 30.0 Å². The van der Waals surface area contributed by atoms with Crippen LogP contribution in [0.2, 0.25) is 0 Å². The van der Waals surface area contributed by atoms with E-state index in [-0.39, 0.29) is 11.3 Å². The lowest BCUT2D eigenvalue weighted by Gasteiger charge is -2.06. The summed E-state index contributed by atoms with van der Waals surface area (Å²) in [6.45, 7) is -0.559. The minimum atomic E-state index is -0.886. The van der Waals surface area contributed by atoms with Crippen LogP contribution in [0.15, 0.2) is 36.5 Å². The quantitative estimate of drug-likeness (QED) is 0.803. The summed E-state index contributed by atoms with van der Waals surface area (Å²) in [5, 5.41) is 0. The van der Waals surface area contributed by atoms with Gasteiger partial charge in [0.15, 0.2) is 0 Å². The molecule has 0 amide bonds. The van der Waals surface area contributed by atoms with E-state index in [0.717, 1.165) is 30.5 Å². The van der Waals surface area contributed by atoms with E-state index in [4.69, 9.17) is 4.74 Å². The standard InChI is InChI=1S/C13H8F3NO2/c14-8-4-5-12(17-6-8)13(18)19-7-9-10(15)2-1-3-11(9)16/h1-6H,7H2. The highest BCUT2D eigenvalue weighted by atomic mass is 19.1. The number of rotatable bonds is 3. The number of nitrogens with zero attached hydrogens (tertiary/aromatic N) is 1. The van der Waals surface area contributed by atoms with E-state index in [0.29, 0.717) is 0 Å². The normalized spacial score (nSPS) is 10.3. The minimum absolute atomic E-state index is 0.141. The lowest BCUT2D eigenvalue weighted by molar-refractivity contribution is 0.0457. The molecule has 0 aliphatic carbocycles. The third kappa shape index (κ3) is 3.09. The van der Waals surface area contributed by atoms with E-state index in [1.165, 1.54) is 6.07 Å². The van der Waals surface area contributed by atoms with E-state index >= 15 is 0 Å². The smallest absolute Gasteiger partial charge is 0.357 e. The summed E-state index contributed by atoms with van der Waals surface area (Å²) in [6, 6.07) is 5.48. The van der Waals surface area contributed by atoms with Crippen molar-refractivity contribution in [1.29, 1.82) is 0 Å². The molecule has 1 heterocycles. The molecule has 19 heavy (non-hydrogen) atoms. The number of benzene rings is 1. The van der Waals surface area contributed by atoms with Gasteiger partial charge in [-0.15, -0.1) is 0 Å². The molecule has 0 spiro atoms. The number of esters is 1. The van der Waals surface area contributed by atoms with Crippen LogP contribution < -0.4 is 0 Å². The first-order valence-electron chi connectivity index (χ1n) is 5.29. The summed E-state index contributed by atoms with van der Waals surface area (Å²) in [5.74, 6) is -3.10. The number of hydrogen-bond donors (Lipinski definition) is 0. The Morgan fingerprint density at radius 3 is 2.37 bits per heavy atom. The maximum atomic E-state index is 13.3. The summed E-state index contributed by atoms with van der Waals surface area (Å²) < 4.78 is 43.8. The van der Waals surface area contributed by atoms with Gasteiger partial charge in [-0.05, 0) is 24.3 Å². The number of hydrogen-bond acceptors (Lipinski definition) is 3. The summed E-state index contributed by atoms with van der Waals surface area (Å²) in [6.07, 6.45) is 0.847. The molecule has 0 saturated heterocycles. The molecule has 0 radical (unpaired) electrons. The van der Waals surface area contributed by atoms with Crippen molar-refractivity contribution in [3.63, 3.8) is 0 Å². The molecule has 0 unspecified atom stereocenters. The van der Waals surface area contributed by atoms with Crippen LogP contribution in [-0.2, 0) is 11.3 Å². The highest BCUT2D eigenvalue weighted by molar-refractivity contribution is 5.87. The van der Waals surface area contributed by atoms with Crippen molar-refractivity contribution in [2.75, 3.05) is 0 Å². The van der Waals surface area contributed by atoms with Crippen LogP contribution in [0.5, 0.6) is 0 Å². The lowest BCUT2D eigenvalue weighted by atomic mass is 10.2. The largest absolute Gasteiger partial charge is 0.456 e. The molecule has 0 atom stereocenters. The van der Waals surface area contributed by atoms with Crippen LogP contribution in [0, 0.1) is 17.5 Å². The first kappa shape index (κ1) is 13.1. The Labute approximate surface area is 106 Å². The Hall–Kier alpha value is -2.37. The van der Waals surface area contributed by atoms with Crippen molar-refractivity contribution >= 4 is 5.97 Å². The molecule has 2 aromatic rings. The first-order chi connectivity index (χ1) is 9.08. The molecule has 6 heteroatoms. The van der Waals surface area contributed by atoms with Crippen molar-refractivity contribution < 1.29 is 22.7 Å². The second-order valence-corrected chi connectivity index (χ2v) is 3.64. The van der Waals surface area contributed by atoms with Gasteiger partial charge in [0.25, 0.3) is 0 Å². The first-order valence-corrected chi connectivity index (χ1v) is 5.29. The van der Waals surface area contributed by atoms with Crippen LogP contribution in [0.3, 0.4) is 0 Å². The van der Waals surface area contributed by atoms with Crippen molar-refractivity contribution in [2.45, 2.75) is 6.61 Å². The maximum absolute atomic E-state index is 13.3. The van der Waals surface area contributed by atoms with Crippen molar-refractivity contribution in [1.82, 2.24) is 4.98 Å². The molecular weight excluding hydrogens is 259 g/mol. The summed E-state index contributed by atoms with van der Waals surface area (Å²) in [4.78, 5) is 15.0. The Bertz CT molecular complexity index is 579. The Kier molecular flexibility index (Phi) is 3.79. The fourth-order valence-electron chi connectivity index (χ4n) is 1.38. The SMILES string of the molecule is O=C(OCc1c(F)cccc1F)c1ccc(F)cn1. The summed E-state index contributed by atoms with van der Waals surface area (Å²) in [5.41, 5.74) is -0.490. The van der Waals surface area contributed by atoms with E-state index in [9.17, 15) is 18.0 Å². The minimum Gasteiger partial charge on any atom is -0.456 e. The fourth-order valence-corrected chi connectivity index (χ4v) is 1.38. The van der Waals surface area contributed by atoms with E-state index in [2.05, 4.69) is 4.98 Å². The van der Waals surface area contributed by atoms with E-state index in [1.807, 2.05) is 0 Å². The van der Waals surface area contributed by atoms with Crippen molar-refractivity contribution in [3.05, 3.63) is 65.2 Å². The average molecular weight is 267 g/mol. The second-order valence-electron chi connectivity index (χ2n) is 3.64. The van der Waals surface area contributed by atoms with Gasteiger partial charge in [-0.2, -0.15) is 0 Å². The number of carbonyl (C=O) groups excluding carboxylic acids is 1. The van der Waals surface area contributed by atoms with Crippen LogP contribution in [0.1, 0.15) is 16.1 Å². The van der Waals surface area contributed by atoms with Gasteiger partial charge in [0.2, 0.25) is 0 Å². The van der Waals surface area contributed by atoms with Crippen molar-refractivity contribution in [2.24, 2.45) is 0 Å². The Morgan fingerprint density at radius 1 is 1.11 bits per heavy atom. The fraction of sp³-hybridized carbons (Fsp3) is 0.0769. The third-order valence-electron chi connectivity index (χ3n) is 2.35. The van der Waals surface area contributed by atoms with Gasteiger partial charge in [0.1, 0.15) is 29.8 Å². The number of pyridine rings is 1. The number of ether oxygens (including phenoxy) is 1. The molecule has 0 aliphatic heterocycles. The number of carbonyl (C=O) groups is 1. The predicted octanol–water partition coefficient (Wildman–Crippen LogP) is 2.86. The molecule has 2 rings (SSSR count). The van der Waals surface area contributed by atoms with Gasteiger partial charge in [-0.3, -0.25) is 0 Å². The maximum Gasteiger partial charge on any atom is 0.357 e. The van der Waals surface area contributed by atoms with Crippen molar-refractivity contribution in [3.8, 4) is 0 Å². The Balaban J connectivity index is 2.06. The molecule has 98 valence electrons. The molecule has 1 aromatic heterocycles. The molecule has 0 bridgehead atoms. The molecule has 0 saturated carbocycles. The highest BCUT2D eigenvalue weighted by Crippen LogP contribution is 2.14. The van der Waals surface area contributed by atoms with Gasteiger partial charge >= 0.3 is 5.97 Å². The Morgan fingerprint density at radius 2 is 1.79 bits per heavy atom. The zero-order valence-electron chi connectivity index (χ0n) is 9.57. The summed E-state index contributed by atoms with van der Waals surface area (Å²) in [7, 11) is 0. The van der Waals surface area contributed by atoms with Gasteiger partial charge < -0.3 is 4.74 Å². The second kappa shape index (κ2) is 5.51. The highest BCUT2D eigenvalue weighted by Gasteiger charge is 2.13. The summed E-state index contributed by atoms with van der Waals surface area (Å²) >= 11 is 0. The monoisotopic (exact) mass is 267 g/mol.